The number of rotatable bonds is 48. The second kappa shape index (κ2) is 46.4. The Balaban J connectivity index is 4.17. The van der Waals surface area contributed by atoms with Crippen LogP contribution < -0.4 is 0 Å². The maximum atomic E-state index is 12.7. The van der Waals surface area contributed by atoms with Gasteiger partial charge in [0.1, 0.15) is 12.7 Å². The number of allylic oxidation sites excluding steroid dienone is 4. The molecule has 0 spiro atoms. The Morgan fingerprint density at radius 1 is 0.492 bits per heavy atom. The van der Waals surface area contributed by atoms with E-state index in [1.807, 2.05) is 0 Å². The summed E-state index contributed by atoms with van der Waals surface area (Å²) in [7, 11) is -4.62. The number of carbonyl (C=O) groups excluding carboxylic acids is 2. The number of ether oxygens (including phenoxy) is 2. The van der Waals surface area contributed by atoms with E-state index < -0.39 is 51.8 Å². The number of hydrogen-bond acceptors (Lipinski definition) is 9. The third-order valence-electron chi connectivity index (χ3n) is 11.1. The predicted molar refractivity (Wildman–Crippen MR) is 252 cm³/mol. The molecule has 0 heterocycles. The largest absolute Gasteiger partial charge is 0.472 e. The van der Waals surface area contributed by atoms with Crippen LogP contribution in [-0.4, -0.2) is 65.7 Å². The van der Waals surface area contributed by atoms with Gasteiger partial charge in [-0.25, -0.2) is 4.57 Å². The maximum absolute atomic E-state index is 12.7. The minimum atomic E-state index is -4.62. The summed E-state index contributed by atoms with van der Waals surface area (Å²) in [5, 5.41) is 18.4. The Labute approximate surface area is 374 Å². The molecule has 0 rings (SSSR count). The summed E-state index contributed by atoms with van der Waals surface area (Å²) in [4.78, 5) is 35.2. The molecule has 3 atom stereocenters. The van der Waals surface area contributed by atoms with Crippen LogP contribution in [0.1, 0.15) is 245 Å². The van der Waals surface area contributed by atoms with Crippen LogP contribution in [0.2, 0.25) is 0 Å². The molecule has 0 amide bonds. The van der Waals surface area contributed by atoms with Gasteiger partial charge in [-0.15, -0.1) is 0 Å². The van der Waals surface area contributed by atoms with Gasteiger partial charge in [0.2, 0.25) is 0 Å². The molecular formula is C50H95O10P. The van der Waals surface area contributed by atoms with Crippen LogP contribution >= 0.6 is 7.82 Å². The van der Waals surface area contributed by atoms with E-state index >= 15 is 0 Å². The summed E-state index contributed by atoms with van der Waals surface area (Å²) in [6.07, 6.45) is 48.5. The lowest BCUT2D eigenvalue weighted by atomic mass is 10.0. The van der Waals surface area contributed by atoms with Gasteiger partial charge in [0.05, 0.1) is 19.8 Å². The van der Waals surface area contributed by atoms with Crippen molar-refractivity contribution in [3.05, 3.63) is 24.3 Å². The van der Waals surface area contributed by atoms with Crippen molar-refractivity contribution in [2.24, 2.45) is 0 Å². The molecule has 0 aliphatic heterocycles. The highest BCUT2D eigenvalue weighted by molar-refractivity contribution is 7.47. The molecule has 0 aromatic rings. The molecule has 0 bridgehead atoms. The van der Waals surface area contributed by atoms with Gasteiger partial charge < -0.3 is 24.6 Å². The van der Waals surface area contributed by atoms with Crippen LogP contribution in [0.25, 0.3) is 0 Å². The zero-order valence-electron chi connectivity index (χ0n) is 39.4. The average molecular weight is 887 g/mol. The lowest BCUT2D eigenvalue weighted by molar-refractivity contribution is -0.161. The number of esters is 2. The van der Waals surface area contributed by atoms with Gasteiger partial charge in [-0.2, -0.15) is 0 Å². The van der Waals surface area contributed by atoms with Crippen molar-refractivity contribution < 1.29 is 47.8 Å². The highest BCUT2D eigenvalue weighted by Crippen LogP contribution is 2.43. The van der Waals surface area contributed by atoms with Gasteiger partial charge in [-0.1, -0.05) is 212 Å². The molecule has 0 aliphatic carbocycles. The van der Waals surface area contributed by atoms with Crippen molar-refractivity contribution in [3.8, 4) is 0 Å². The van der Waals surface area contributed by atoms with Crippen LogP contribution in [0.4, 0.5) is 0 Å². The summed E-state index contributed by atoms with van der Waals surface area (Å²) in [6.45, 7) is 2.40. The molecule has 0 fully saturated rings. The maximum Gasteiger partial charge on any atom is 0.472 e. The van der Waals surface area contributed by atoms with E-state index in [1.54, 1.807) is 0 Å². The number of aliphatic hydroxyl groups is 2. The molecule has 0 aliphatic rings. The Morgan fingerprint density at radius 3 is 1.30 bits per heavy atom. The molecule has 0 saturated carbocycles. The van der Waals surface area contributed by atoms with E-state index in [9.17, 15) is 24.2 Å². The fourth-order valence-corrected chi connectivity index (χ4v) is 7.99. The zero-order valence-corrected chi connectivity index (χ0v) is 40.3. The van der Waals surface area contributed by atoms with E-state index in [0.717, 1.165) is 51.4 Å². The molecule has 11 heteroatoms. The molecule has 0 aromatic heterocycles. The fraction of sp³-hybridized carbons (Fsp3) is 0.880. The second-order valence-electron chi connectivity index (χ2n) is 17.2. The molecular weight excluding hydrogens is 792 g/mol. The number of unbranched alkanes of at least 4 members (excludes halogenated alkanes) is 30. The van der Waals surface area contributed by atoms with Crippen molar-refractivity contribution in [1.82, 2.24) is 0 Å². The number of aliphatic hydroxyl groups excluding tert-OH is 2. The van der Waals surface area contributed by atoms with E-state index in [2.05, 4.69) is 38.2 Å². The minimum absolute atomic E-state index is 0.188. The van der Waals surface area contributed by atoms with Gasteiger partial charge in [-0.05, 0) is 44.9 Å². The second-order valence-corrected chi connectivity index (χ2v) is 18.7. The van der Waals surface area contributed by atoms with Crippen LogP contribution in [0.5, 0.6) is 0 Å². The van der Waals surface area contributed by atoms with Gasteiger partial charge >= 0.3 is 19.8 Å². The molecule has 3 N–H and O–H groups in total. The first-order valence-electron chi connectivity index (χ1n) is 25.3. The predicted octanol–water partition coefficient (Wildman–Crippen LogP) is 14.1. The monoisotopic (exact) mass is 887 g/mol. The van der Waals surface area contributed by atoms with E-state index in [0.29, 0.717) is 12.8 Å². The number of carbonyl (C=O) groups is 2. The van der Waals surface area contributed by atoms with Crippen molar-refractivity contribution in [2.45, 2.75) is 257 Å². The normalized spacial score (nSPS) is 13.9. The van der Waals surface area contributed by atoms with Crippen LogP contribution in [0.3, 0.4) is 0 Å². The van der Waals surface area contributed by atoms with Crippen molar-refractivity contribution in [1.29, 1.82) is 0 Å². The fourth-order valence-electron chi connectivity index (χ4n) is 7.20. The molecule has 0 radical (unpaired) electrons. The lowest BCUT2D eigenvalue weighted by Gasteiger charge is -2.20. The topological polar surface area (TPSA) is 149 Å². The molecule has 61 heavy (non-hydrogen) atoms. The van der Waals surface area contributed by atoms with Gasteiger partial charge in [0, 0.05) is 12.8 Å². The summed E-state index contributed by atoms with van der Waals surface area (Å²) in [6, 6.07) is 0. The third kappa shape index (κ3) is 46.3. The first-order chi connectivity index (χ1) is 29.7. The zero-order chi connectivity index (χ0) is 44.8. The molecule has 10 nitrogen and oxygen atoms in total. The summed E-state index contributed by atoms with van der Waals surface area (Å²) >= 11 is 0. The third-order valence-corrected chi connectivity index (χ3v) is 12.1. The quantitative estimate of drug-likeness (QED) is 0.0233. The number of phosphoric ester groups is 1. The van der Waals surface area contributed by atoms with E-state index in [1.165, 1.54) is 154 Å². The van der Waals surface area contributed by atoms with Crippen LogP contribution in [0.15, 0.2) is 24.3 Å². The number of hydrogen-bond donors (Lipinski definition) is 3. The smallest absolute Gasteiger partial charge is 0.462 e. The van der Waals surface area contributed by atoms with Gasteiger partial charge in [0.25, 0.3) is 0 Å². The molecule has 1 unspecified atom stereocenters. The van der Waals surface area contributed by atoms with Crippen molar-refractivity contribution >= 4 is 19.8 Å². The summed E-state index contributed by atoms with van der Waals surface area (Å²) in [5.41, 5.74) is 0. The van der Waals surface area contributed by atoms with Crippen molar-refractivity contribution in [3.63, 3.8) is 0 Å². The van der Waals surface area contributed by atoms with Crippen LogP contribution in [0, 0.1) is 0 Å². The van der Waals surface area contributed by atoms with Crippen molar-refractivity contribution in [2.75, 3.05) is 26.4 Å². The minimum Gasteiger partial charge on any atom is -0.462 e. The molecule has 360 valence electrons. The standard InChI is InChI=1S/C50H95O10P/c1-3-5-7-9-11-13-15-17-19-21-23-25-27-29-31-33-35-37-39-41-49(53)57-45-48(46-59-61(55,56)58-44-47(52)43-51)60-50(54)42-40-38-36-34-32-30-28-26-24-22-20-18-16-14-12-10-8-6-4-2/h11,13,17,19,47-48,51-52H,3-10,12,14-16,18,20-46H2,1-2H3,(H,55,56)/b13-11+,19-17+/t47-,48+/m0/s1. The van der Waals surface area contributed by atoms with Crippen LogP contribution in [-0.2, 0) is 32.7 Å². The lowest BCUT2D eigenvalue weighted by Crippen LogP contribution is -2.29. The van der Waals surface area contributed by atoms with E-state index in [4.69, 9.17) is 23.6 Å². The molecule has 0 aromatic carbocycles. The molecule has 0 saturated heterocycles. The Bertz CT molecular complexity index is 1070. The Kier molecular flexibility index (Phi) is 45.3. The summed E-state index contributed by atoms with van der Waals surface area (Å²) in [5.74, 6) is -0.916. The first-order valence-corrected chi connectivity index (χ1v) is 26.8. The highest BCUT2D eigenvalue weighted by atomic mass is 31.2. The Hall–Kier alpha value is -1.55. The summed E-state index contributed by atoms with van der Waals surface area (Å²) < 4.78 is 32.9. The Morgan fingerprint density at radius 2 is 0.852 bits per heavy atom. The number of phosphoric acid groups is 1. The highest BCUT2D eigenvalue weighted by Gasteiger charge is 2.27. The first kappa shape index (κ1) is 59.5. The SMILES string of the molecule is CCCCC/C=C/C/C=C/CCCCCCCCCCCC(=O)OC[C@H](COP(=O)(O)OC[C@@H](O)CO)OC(=O)CCCCCCCCCCCCCCCCCCCCC. The average Bonchev–Trinajstić information content (AvgIpc) is 3.25. The van der Waals surface area contributed by atoms with Gasteiger partial charge in [-0.3, -0.25) is 18.6 Å². The van der Waals surface area contributed by atoms with Gasteiger partial charge in [0.15, 0.2) is 6.10 Å². The van der Waals surface area contributed by atoms with E-state index in [-0.39, 0.29) is 19.4 Å².